The van der Waals surface area contributed by atoms with Crippen molar-refractivity contribution in [2.45, 2.75) is 25.9 Å². The van der Waals surface area contributed by atoms with Gasteiger partial charge >= 0.3 is 7.82 Å². The van der Waals surface area contributed by atoms with Crippen LogP contribution in [0.3, 0.4) is 0 Å². The smallest absolute Gasteiger partial charge is 0.388 e. The Bertz CT molecular complexity index is 1530. The first-order valence-electron chi connectivity index (χ1n) is 12.8. The van der Waals surface area contributed by atoms with Crippen molar-refractivity contribution in [1.82, 2.24) is 25.1 Å². The van der Waals surface area contributed by atoms with Crippen LogP contribution in [0, 0.1) is 5.82 Å². The molecular formula is C26H31FN7O6P. The molecule has 0 bridgehead atoms. The number of H-pyrrole nitrogens is 1. The molecule has 0 radical (unpaired) electrons. The number of aliphatic hydroxyl groups excluding tert-OH is 1. The molecule has 4 aromatic rings. The molecule has 2 aromatic heterocycles. The van der Waals surface area contributed by atoms with Gasteiger partial charge in [0, 0.05) is 35.9 Å². The second-order valence-corrected chi connectivity index (χ2v) is 10.4. The third-order valence-electron chi connectivity index (χ3n) is 6.22. The molecule has 2 aromatic carbocycles. The largest absolute Gasteiger partial charge is 0.469 e. The number of nitrogens with zero attached hydrogens (tertiary/aromatic N) is 4. The second-order valence-electron chi connectivity index (χ2n) is 9.20. The van der Waals surface area contributed by atoms with Crippen molar-refractivity contribution in [1.29, 1.82) is 0 Å². The van der Waals surface area contributed by atoms with E-state index < -0.39 is 19.7 Å². The average molecular weight is 588 g/mol. The van der Waals surface area contributed by atoms with E-state index >= 15 is 0 Å². The number of anilines is 3. The number of carbonyl (C=O) groups excluding carboxylic acids is 1. The molecule has 0 spiro atoms. The summed E-state index contributed by atoms with van der Waals surface area (Å²) in [4.78, 5) is 40.5. The van der Waals surface area contributed by atoms with Gasteiger partial charge in [-0.2, -0.15) is 5.10 Å². The molecule has 0 aliphatic heterocycles. The molecule has 0 fully saturated rings. The van der Waals surface area contributed by atoms with Gasteiger partial charge in [0.15, 0.2) is 5.82 Å². The van der Waals surface area contributed by atoms with E-state index in [1.165, 1.54) is 24.5 Å². The first-order valence-corrected chi connectivity index (χ1v) is 14.3. The van der Waals surface area contributed by atoms with E-state index in [4.69, 9.17) is 9.79 Å². The lowest BCUT2D eigenvalue weighted by Gasteiger charge is -2.22. The molecule has 15 heteroatoms. The number of hydrogen-bond donors (Lipinski definition) is 6. The van der Waals surface area contributed by atoms with Crippen molar-refractivity contribution >= 4 is 42.0 Å². The van der Waals surface area contributed by atoms with Crippen LogP contribution < -0.4 is 10.6 Å². The zero-order valence-electron chi connectivity index (χ0n) is 22.2. The van der Waals surface area contributed by atoms with Crippen molar-refractivity contribution < 1.29 is 33.2 Å². The molecule has 1 amide bonds. The summed E-state index contributed by atoms with van der Waals surface area (Å²) < 4.78 is 28.7. The zero-order valence-corrected chi connectivity index (χ0v) is 23.1. The summed E-state index contributed by atoms with van der Waals surface area (Å²) in [5.74, 6) is 0.147. The number of aliphatic hydroxyl groups is 1. The number of aromatic nitrogens is 4. The maximum Gasteiger partial charge on any atom is 0.469 e. The molecule has 2 heterocycles. The summed E-state index contributed by atoms with van der Waals surface area (Å²) in [5, 5.41) is 24.2. The number of nitrogens with one attached hydrogen (secondary N) is 3. The summed E-state index contributed by atoms with van der Waals surface area (Å²) in [7, 11) is -4.51. The van der Waals surface area contributed by atoms with Crippen molar-refractivity contribution in [2.75, 3.05) is 36.9 Å². The summed E-state index contributed by atoms with van der Waals surface area (Å²) in [5.41, 5.74) is 2.17. The molecule has 4 rings (SSSR count). The maximum atomic E-state index is 13.3. The monoisotopic (exact) mass is 587 g/mol. The Morgan fingerprint density at radius 2 is 2.00 bits per heavy atom. The van der Waals surface area contributed by atoms with Crippen LogP contribution in [0.1, 0.15) is 30.7 Å². The van der Waals surface area contributed by atoms with E-state index in [9.17, 15) is 18.9 Å². The first-order chi connectivity index (χ1) is 19.6. The van der Waals surface area contributed by atoms with Crippen LogP contribution in [0.5, 0.6) is 0 Å². The standard InChI is InChI=1S/C26H31FN7O6P/c1-2-34(10-11-40-41(37,38)39)9-8-23(35)17-6-7-21-22(12-17)28-16-29-26(21)31-24-14-20(32-33-24)15-25(36)30-19-5-3-4-18(27)13-19/h3-7,12-14,16,23,35H,2,8-11,15H2,1H3,(H,30,36)(H2,37,38,39)(H2,28,29,31,32,33). The predicted octanol–water partition coefficient (Wildman–Crippen LogP) is 3.27. The number of halogens is 1. The molecular weight excluding hydrogens is 556 g/mol. The lowest BCUT2D eigenvalue weighted by Crippen LogP contribution is -2.29. The van der Waals surface area contributed by atoms with Crippen LogP contribution in [0.15, 0.2) is 54.9 Å². The fourth-order valence-corrected chi connectivity index (χ4v) is 4.47. The van der Waals surface area contributed by atoms with E-state index in [0.717, 1.165) is 0 Å². The normalized spacial score (nSPS) is 12.5. The molecule has 0 aliphatic rings. The number of rotatable bonds is 14. The Kier molecular flexibility index (Phi) is 10.1. The van der Waals surface area contributed by atoms with Gasteiger partial charge in [-0.15, -0.1) is 0 Å². The average Bonchev–Trinajstić information content (AvgIpc) is 3.36. The number of hydrogen-bond acceptors (Lipinski definition) is 9. The second kappa shape index (κ2) is 13.7. The van der Waals surface area contributed by atoms with E-state index in [2.05, 4.69) is 35.3 Å². The summed E-state index contributed by atoms with van der Waals surface area (Å²) >= 11 is 0. The first kappa shape index (κ1) is 30.2. The molecule has 41 heavy (non-hydrogen) atoms. The Balaban J connectivity index is 1.35. The quantitative estimate of drug-likeness (QED) is 0.119. The van der Waals surface area contributed by atoms with Gasteiger partial charge in [0.25, 0.3) is 0 Å². The number of carbonyl (C=O) groups is 1. The minimum absolute atomic E-state index is 0.00310. The lowest BCUT2D eigenvalue weighted by molar-refractivity contribution is -0.115. The zero-order chi connectivity index (χ0) is 29.4. The number of phosphoric ester groups is 1. The molecule has 13 nitrogen and oxygen atoms in total. The fourth-order valence-electron chi connectivity index (χ4n) is 4.15. The molecule has 6 N–H and O–H groups in total. The van der Waals surface area contributed by atoms with Gasteiger partial charge in [0.2, 0.25) is 5.91 Å². The Morgan fingerprint density at radius 1 is 1.17 bits per heavy atom. The van der Waals surface area contributed by atoms with Gasteiger partial charge in [-0.1, -0.05) is 19.1 Å². The van der Waals surface area contributed by atoms with Gasteiger partial charge in [0.1, 0.15) is 18.0 Å². The highest BCUT2D eigenvalue weighted by molar-refractivity contribution is 7.46. The van der Waals surface area contributed by atoms with Gasteiger partial charge < -0.3 is 30.4 Å². The number of fused-ring (bicyclic) bond motifs is 1. The lowest BCUT2D eigenvalue weighted by atomic mass is 10.0. The topological polar surface area (TPSA) is 186 Å². The predicted molar refractivity (Wildman–Crippen MR) is 150 cm³/mol. The molecule has 218 valence electrons. The van der Waals surface area contributed by atoms with Gasteiger partial charge in [0.05, 0.1) is 24.6 Å². The van der Waals surface area contributed by atoms with Gasteiger partial charge in [-0.3, -0.25) is 14.4 Å². The van der Waals surface area contributed by atoms with E-state index in [-0.39, 0.29) is 18.9 Å². The number of likely N-dealkylation sites (N-methyl/N-ethyl adjacent to an activating group) is 1. The highest BCUT2D eigenvalue weighted by atomic mass is 31.2. The minimum atomic E-state index is -4.51. The van der Waals surface area contributed by atoms with Crippen molar-refractivity contribution in [2.24, 2.45) is 0 Å². The Labute approximate surface area is 235 Å². The van der Waals surface area contributed by atoms with Crippen LogP contribution in [0.2, 0.25) is 0 Å². The van der Waals surface area contributed by atoms with Crippen molar-refractivity contribution in [3.05, 3.63) is 71.9 Å². The van der Waals surface area contributed by atoms with Crippen LogP contribution in [-0.2, 0) is 20.3 Å². The fraction of sp³-hybridized carbons (Fsp3) is 0.308. The number of aromatic amines is 1. The van der Waals surface area contributed by atoms with Crippen LogP contribution in [-0.4, -0.2) is 72.1 Å². The Morgan fingerprint density at radius 3 is 2.76 bits per heavy atom. The Hall–Kier alpha value is -3.78. The third-order valence-corrected chi connectivity index (χ3v) is 6.73. The highest BCUT2D eigenvalue weighted by Gasteiger charge is 2.16. The molecule has 0 saturated heterocycles. The van der Waals surface area contributed by atoms with Crippen LogP contribution in [0.4, 0.5) is 21.7 Å². The van der Waals surface area contributed by atoms with Crippen LogP contribution >= 0.6 is 7.82 Å². The van der Waals surface area contributed by atoms with Crippen molar-refractivity contribution in [3.8, 4) is 0 Å². The molecule has 1 atom stereocenters. The van der Waals surface area contributed by atoms with Crippen LogP contribution in [0.25, 0.3) is 10.9 Å². The summed E-state index contributed by atoms with van der Waals surface area (Å²) in [6.45, 7) is 3.25. The van der Waals surface area contributed by atoms with E-state index in [0.29, 0.717) is 65.5 Å². The van der Waals surface area contributed by atoms with Gasteiger partial charge in [-0.05, 0) is 48.9 Å². The number of benzene rings is 2. The number of phosphoric acid groups is 1. The van der Waals surface area contributed by atoms with Gasteiger partial charge in [-0.25, -0.2) is 18.9 Å². The number of amides is 1. The van der Waals surface area contributed by atoms with E-state index in [1.807, 2.05) is 11.8 Å². The van der Waals surface area contributed by atoms with Crippen molar-refractivity contribution in [3.63, 3.8) is 0 Å². The summed E-state index contributed by atoms with van der Waals surface area (Å²) in [6.07, 6.45) is 1.01. The highest BCUT2D eigenvalue weighted by Crippen LogP contribution is 2.35. The maximum absolute atomic E-state index is 13.3. The summed E-state index contributed by atoms with van der Waals surface area (Å²) in [6, 6.07) is 12.6. The van der Waals surface area contributed by atoms with E-state index in [1.54, 1.807) is 30.3 Å². The molecule has 1 unspecified atom stereocenters. The molecule has 0 aliphatic carbocycles. The third kappa shape index (κ3) is 9.11. The minimum Gasteiger partial charge on any atom is -0.388 e. The molecule has 0 saturated carbocycles. The SMILES string of the molecule is CCN(CCOP(=O)(O)O)CCC(O)c1ccc2c(Nc3cc(CC(=O)Nc4cccc(F)c4)[nH]n3)ncnc2c1.